The summed E-state index contributed by atoms with van der Waals surface area (Å²) in [5.74, 6) is -0.777. The smallest absolute Gasteiger partial charge is 0.338 e. The van der Waals surface area contributed by atoms with Gasteiger partial charge in [-0.05, 0) is 47.9 Å². The van der Waals surface area contributed by atoms with Crippen LogP contribution in [0.1, 0.15) is 35.7 Å². The molecule has 0 fully saturated rings. The fourth-order valence-corrected chi connectivity index (χ4v) is 3.24. The predicted octanol–water partition coefficient (Wildman–Crippen LogP) is 2.86. The van der Waals surface area contributed by atoms with Crippen LogP contribution in [0.4, 0.5) is 5.69 Å². The highest BCUT2D eigenvalue weighted by Gasteiger charge is 2.18. The fraction of sp³-hybridized carbons (Fsp3) is 0.300. The van der Waals surface area contributed by atoms with Crippen molar-refractivity contribution in [2.75, 3.05) is 26.0 Å². The normalized spacial score (nSPS) is 11.5. The number of anilines is 1. The third kappa shape index (κ3) is 5.40. The SMILES string of the molecule is CC(C)c1ccc(NC(=O)COC(=O)c2ccc(S(=O)(=O)N(C)C)cc2)cc1. The van der Waals surface area contributed by atoms with Gasteiger partial charge in [0.15, 0.2) is 6.61 Å². The van der Waals surface area contributed by atoms with Crippen molar-refractivity contribution in [2.24, 2.45) is 0 Å². The molecule has 2 aromatic carbocycles. The number of esters is 1. The van der Waals surface area contributed by atoms with Crippen molar-refractivity contribution >= 4 is 27.6 Å². The number of carbonyl (C=O) groups excluding carboxylic acids is 2. The molecule has 0 unspecified atom stereocenters. The van der Waals surface area contributed by atoms with Crippen LogP contribution in [0.2, 0.25) is 0 Å². The van der Waals surface area contributed by atoms with Crippen LogP contribution in [0.3, 0.4) is 0 Å². The summed E-state index contributed by atoms with van der Waals surface area (Å²) >= 11 is 0. The van der Waals surface area contributed by atoms with Gasteiger partial charge in [0.05, 0.1) is 10.5 Å². The van der Waals surface area contributed by atoms with Crippen molar-refractivity contribution in [1.29, 1.82) is 0 Å². The fourth-order valence-electron chi connectivity index (χ4n) is 2.34. The van der Waals surface area contributed by atoms with Gasteiger partial charge in [-0.25, -0.2) is 17.5 Å². The standard InChI is InChI=1S/C20H24N2O5S/c1-14(2)15-5-9-17(10-6-15)21-19(23)13-27-20(24)16-7-11-18(12-8-16)28(25,26)22(3)4/h5-12,14H,13H2,1-4H3,(H,21,23). The number of hydrogen-bond donors (Lipinski definition) is 1. The second-order valence-electron chi connectivity index (χ2n) is 6.71. The lowest BCUT2D eigenvalue weighted by molar-refractivity contribution is -0.119. The lowest BCUT2D eigenvalue weighted by atomic mass is 10.0. The zero-order chi connectivity index (χ0) is 20.9. The van der Waals surface area contributed by atoms with E-state index >= 15 is 0 Å². The van der Waals surface area contributed by atoms with Gasteiger partial charge in [-0.1, -0.05) is 26.0 Å². The number of hydrogen-bond acceptors (Lipinski definition) is 5. The minimum Gasteiger partial charge on any atom is -0.452 e. The topological polar surface area (TPSA) is 92.8 Å². The highest BCUT2D eigenvalue weighted by atomic mass is 32.2. The molecule has 0 saturated carbocycles. The van der Waals surface area contributed by atoms with E-state index in [1.165, 1.54) is 38.4 Å². The van der Waals surface area contributed by atoms with E-state index in [0.717, 1.165) is 9.87 Å². The zero-order valence-corrected chi connectivity index (χ0v) is 17.1. The molecule has 0 saturated heterocycles. The maximum absolute atomic E-state index is 12.1. The number of rotatable bonds is 7. The highest BCUT2D eigenvalue weighted by molar-refractivity contribution is 7.89. The van der Waals surface area contributed by atoms with Crippen molar-refractivity contribution in [1.82, 2.24) is 4.31 Å². The Morgan fingerprint density at radius 3 is 2.07 bits per heavy atom. The molecule has 2 rings (SSSR count). The summed E-state index contributed by atoms with van der Waals surface area (Å²) in [6.07, 6.45) is 0. The van der Waals surface area contributed by atoms with E-state index in [1.54, 1.807) is 12.1 Å². The van der Waals surface area contributed by atoms with Crippen LogP contribution in [-0.4, -0.2) is 45.3 Å². The third-order valence-electron chi connectivity index (χ3n) is 4.06. The van der Waals surface area contributed by atoms with Gasteiger partial charge in [-0.2, -0.15) is 0 Å². The molecule has 0 aliphatic rings. The second kappa shape index (κ2) is 8.99. The first kappa shape index (κ1) is 21.6. The van der Waals surface area contributed by atoms with E-state index in [4.69, 9.17) is 4.74 Å². The summed E-state index contributed by atoms with van der Waals surface area (Å²) in [6.45, 7) is 3.72. The molecular weight excluding hydrogens is 380 g/mol. The molecule has 1 amide bonds. The summed E-state index contributed by atoms with van der Waals surface area (Å²) < 4.78 is 30.1. The van der Waals surface area contributed by atoms with Gasteiger partial charge in [0, 0.05) is 19.8 Å². The Morgan fingerprint density at radius 2 is 1.57 bits per heavy atom. The number of benzene rings is 2. The molecule has 2 aromatic rings. The van der Waals surface area contributed by atoms with Gasteiger partial charge in [0.25, 0.3) is 5.91 Å². The van der Waals surface area contributed by atoms with E-state index in [-0.39, 0.29) is 10.5 Å². The second-order valence-corrected chi connectivity index (χ2v) is 8.86. The van der Waals surface area contributed by atoms with Gasteiger partial charge < -0.3 is 10.1 Å². The molecule has 1 N–H and O–H groups in total. The molecule has 0 aliphatic carbocycles. The Hall–Kier alpha value is -2.71. The van der Waals surface area contributed by atoms with Crippen molar-refractivity contribution in [3.8, 4) is 0 Å². The molecule has 150 valence electrons. The zero-order valence-electron chi connectivity index (χ0n) is 16.3. The van der Waals surface area contributed by atoms with Crippen LogP contribution < -0.4 is 5.32 Å². The number of nitrogens with one attached hydrogen (secondary N) is 1. The van der Waals surface area contributed by atoms with Crippen molar-refractivity contribution in [3.05, 3.63) is 59.7 Å². The van der Waals surface area contributed by atoms with Crippen LogP contribution >= 0.6 is 0 Å². The molecule has 28 heavy (non-hydrogen) atoms. The van der Waals surface area contributed by atoms with Crippen molar-refractivity contribution < 1.29 is 22.7 Å². The van der Waals surface area contributed by atoms with Gasteiger partial charge in [0.1, 0.15) is 0 Å². The van der Waals surface area contributed by atoms with E-state index in [9.17, 15) is 18.0 Å². The van der Waals surface area contributed by atoms with Gasteiger partial charge >= 0.3 is 5.97 Å². The van der Waals surface area contributed by atoms with E-state index in [1.807, 2.05) is 12.1 Å². The van der Waals surface area contributed by atoms with Crippen LogP contribution in [-0.2, 0) is 19.6 Å². The first-order valence-corrected chi connectivity index (χ1v) is 10.1. The van der Waals surface area contributed by atoms with Gasteiger partial charge in [-0.15, -0.1) is 0 Å². The Kier molecular flexibility index (Phi) is 6.93. The Balaban J connectivity index is 1.91. The van der Waals surface area contributed by atoms with Crippen molar-refractivity contribution in [2.45, 2.75) is 24.7 Å². The van der Waals surface area contributed by atoms with Crippen LogP contribution in [0.5, 0.6) is 0 Å². The molecule has 0 bridgehead atoms. The number of amides is 1. The highest BCUT2D eigenvalue weighted by Crippen LogP contribution is 2.17. The molecule has 0 aliphatic heterocycles. The Labute approximate surface area is 165 Å². The van der Waals surface area contributed by atoms with Crippen molar-refractivity contribution in [3.63, 3.8) is 0 Å². The molecule has 0 spiro atoms. The van der Waals surface area contributed by atoms with E-state index < -0.39 is 28.5 Å². The Morgan fingerprint density at radius 1 is 1.00 bits per heavy atom. The molecular formula is C20H24N2O5S. The largest absolute Gasteiger partial charge is 0.452 e. The van der Waals surface area contributed by atoms with Gasteiger partial charge in [0.2, 0.25) is 10.0 Å². The molecule has 8 heteroatoms. The number of carbonyl (C=O) groups is 2. The van der Waals surface area contributed by atoms with Crippen LogP contribution in [0.25, 0.3) is 0 Å². The number of sulfonamides is 1. The first-order valence-electron chi connectivity index (χ1n) is 8.71. The summed E-state index contributed by atoms with van der Waals surface area (Å²) in [5, 5.41) is 2.66. The monoisotopic (exact) mass is 404 g/mol. The van der Waals surface area contributed by atoms with Crippen LogP contribution in [0, 0.1) is 0 Å². The maximum atomic E-state index is 12.1. The average Bonchev–Trinajstić information content (AvgIpc) is 2.66. The molecule has 0 heterocycles. The Bertz CT molecular complexity index is 934. The lowest BCUT2D eigenvalue weighted by Crippen LogP contribution is -2.22. The third-order valence-corrected chi connectivity index (χ3v) is 5.89. The minimum absolute atomic E-state index is 0.0663. The summed E-state index contributed by atoms with van der Waals surface area (Å²) in [5.41, 5.74) is 1.93. The molecule has 0 radical (unpaired) electrons. The maximum Gasteiger partial charge on any atom is 0.338 e. The van der Waals surface area contributed by atoms with Gasteiger partial charge in [-0.3, -0.25) is 4.79 Å². The van der Waals surface area contributed by atoms with Crippen LogP contribution in [0.15, 0.2) is 53.4 Å². The predicted molar refractivity (Wildman–Crippen MR) is 107 cm³/mol. The molecule has 0 aromatic heterocycles. The van der Waals surface area contributed by atoms with E-state index in [2.05, 4.69) is 19.2 Å². The molecule has 7 nitrogen and oxygen atoms in total. The number of ether oxygens (including phenoxy) is 1. The molecule has 0 atom stereocenters. The minimum atomic E-state index is -3.57. The summed E-state index contributed by atoms with van der Waals surface area (Å²) in [6, 6.07) is 12.8. The van der Waals surface area contributed by atoms with E-state index in [0.29, 0.717) is 11.6 Å². The lowest BCUT2D eigenvalue weighted by Gasteiger charge is -2.11. The average molecular weight is 404 g/mol. The summed E-state index contributed by atoms with van der Waals surface area (Å²) in [4.78, 5) is 24.1. The number of nitrogens with zero attached hydrogens (tertiary/aromatic N) is 1. The first-order chi connectivity index (χ1) is 13.1. The quantitative estimate of drug-likeness (QED) is 0.717. The summed E-state index contributed by atoms with van der Waals surface area (Å²) in [7, 11) is -0.725.